The van der Waals surface area contributed by atoms with Crippen LogP contribution in [0.4, 0.5) is 21.3 Å². The molecular weight excluding hydrogens is 428 g/mol. The molecule has 0 saturated heterocycles. The Kier molecular flexibility index (Phi) is 7.51. The van der Waals surface area contributed by atoms with Crippen LogP contribution in [0.15, 0.2) is 58.8 Å². The summed E-state index contributed by atoms with van der Waals surface area (Å²) in [6, 6.07) is 14.2. The minimum Gasteiger partial charge on any atom is -0.326 e. The lowest BCUT2D eigenvalue weighted by atomic mass is 10.2. The number of aromatic nitrogens is 1. The number of aryl methyl sites for hydroxylation is 1. The molecule has 9 heteroatoms. The number of benzene rings is 2. The first kappa shape index (κ1) is 21.2. The van der Waals surface area contributed by atoms with E-state index in [-0.39, 0.29) is 5.91 Å². The normalized spacial score (nSPS) is 10.4. The molecule has 0 fully saturated rings. The van der Waals surface area contributed by atoms with Crippen molar-refractivity contribution in [1.29, 1.82) is 0 Å². The molecule has 0 spiro atoms. The summed E-state index contributed by atoms with van der Waals surface area (Å²) in [5, 5.41) is 11.1. The number of halogens is 1. The van der Waals surface area contributed by atoms with Crippen molar-refractivity contribution in [3.8, 4) is 0 Å². The Morgan fingerprint density at radius 3 is 2.59 bits per heavy atom. The van der Waals surface area contributed by atoms with Crippen LogP contribution in [-0.2, 0) is 11.2 Å². The van der Waals surface area contributed by atoms with Crippen LogP contribution in [0.25, 0.3) is 0 Å². The summed E-state index contributed by atoms with van der Waals surface area (Å²) in [6.07, 6.45) is 2.79. The van der Waals surface area contributed by atoms with Gasteiger partial charge in [-0.2, -0.15) is 0 Å². The van der Waals surface area contributed by atoms with Gasteiger partial charge in [0.1, 0.15) is 0 Å². The zero-order valence-corrected chi connectivity index (χ0v) is 18.0. The van der Waals surface area contributed by atoms with Crippen LogP contribution in [0.3, 0.4) is 0 Å². The summed E-state index contributed by atoms with van der Waals surface area (Å²) in [5.41, 5.74) is 2.12. The Balaban J connectivity index is 1.47. The van der Waals surface area contributed by atoms with E-state index in [9.17, 15) is 9.59 Å². The fraction of sp³-hybridized carbons (Fsp3) is 0.150. The number of hydrogen-bond acceptors (Lipinski definition) is 5. The first-order chi connectivity index (χ1) is 14.0. The summed E-state index contributed by atoms with van der Waals surface area (Å²) < 4.78 is 0. The van der Waals surface area contributed by atoms with Crippen LogP contribution in [0, 0.1) is 0 Å². The molecule has 150 valence electrons. The molecule has 0 saturated carbocycles. The van der Waals surface area contributed by atoms with E-state index in [0.29, 0.717) is 28.7 Å². The van der Waals surface area contributed by atoms with Crippen molar-refractivity contribution in [3.63, 3.8) is 0 Å². The molecule has 3 rings (SSSR count). The minimum atomic E-state index is -0.403. The van der Waals surface area contributed by atoms with Crippen molar-refractivity contribution in [2.24, 2.45) is 0 Å². The highest BCUT2D eigenvalue weighted by atomic mass is 35.5. The van der Waals surface area contributed by atoms with Crippen LogP contribution in [-0.4, -0.2) is 23.2 Å². The minimum absolute atomic E-state index is 0.0792. The van der Waals surface area contributed by atoms with Crippen LogP contribution >= 0.6 is 34.7 Å². The van der Waals surface area contributed by atoms with Crippen molar-refractivity contribution in [2.45, 2.75) is 17.7 Å². The van der Waals surface area contributed by atoms with Gasteiger partial charge in [0.05, 0.1) is 5.69 Å². The summed E-state index contributed by atoms with van der Waals surface area (Å²) in [4.78, 5) is 29.7. The lowest BCUT2D eigenvalue weighted by molar-refractivity contribution is -0.116. The van der Waals surface area contributed by atoms with Gasteiger partial charge in [0.15, 0.2) is 5.13 Å². The molecule has 0 unspecified atom stereocenters. The molecule has 0 radical (unpaired) electrons. The molecule has 0 aliphatic heterocycles. The van der Waals surface area contributed by atoms with Gasteiger partial charge in [-0.1, -0.05) is 23.7 Å². The van der Waals surface area contributed by atoms with Crippen molar-refractivity contribution < 1.29 is 9.59 Å². The van der Waals surface area contributed by atoms with Crippen LogP contribution in [0.1, 0.15) is 12.1 Å². The highest BCUT2D eigenvalue weighted by molar-refractivity contribution is 7.98. The summed E-state index contributed by atoms with van der Waals surface area (Å²) >= 11 is 8.83. The average molecular weight is 447 g/mol. The lowest BCUT2D eigenvalue weighted by Gasteiger charge is -2.06. The van der Waals surface area contributed by atoms with Crippen molar-refractivity contribution >= 4 is 63.1 Å². The second-order valence-corrected chi connectivity index (χ2v) is 8.19. The van der Waals surface area contributed by atoms with E-state index in [1.165, 1.54) is 11.3 Å². The quantitative estimate of drug-likeness (QED) is 0.404. The van der Waals surface area contributed by atoms with Crippen molar-refractivity contribution in [3.05, 3.63) is 64.6 Å². The van der Waals surface area contributed by atoms with Gasteiger partial charge < -0.3 is 10.6 Å². The first-order valence-electron chi connectivity index (χ1n) is 8.74. The first-order valence-corrected chi connectivity index (χ1v) is 11.2. The molecule has 0 aliphatic carbocycles. The molecule has 0 atom stereocenters. The number of anilines is 3. The van der Waals surface area contributed by atoms with Gasteiger partial charge in [-0.25, -0.2) is 9.78 Å². The molecule has 1 heterocycles. The fourth-order valence-corrected chi connectivity index (χ4v) is 3.86. The zero-order chi connectivity index (χ0) is 20.6. The largest absolute Gasteiger partial charge is 0.326 e. The Morgan fingerprint density at radius 2 is 1.83 bits per heavy atom. The van der Waals surface area contributed by atoms with Gasteiger partial charge in [0.25, 0.3) is 0 Å². The molecule has 0 bridgehead atoms. The molecule has 3 amide bonds. The third kappa shape index (κ3) is 6.77. The van der Waals surface area contributed by atoms with Crippen LogP contribution in [0.5, 0.6) is 0 Å². The maximum Gasteiger partial charge on any atom is 0.325 e. The van der Waals surface area contributed by atoms with Crippen LogP contribution < -0.4 is 16.0 Å². The van der Waals surface area contributed by atoms with Crippen molar-refractivity contribution in [2.75, 3.05) is 22.2 Å². The monoisotopic (exact) mass is 446 g/mol. The summed E-state index contributed by atoms with van der Waals surface area (Å²) in [5.74, 6) is -0.0792. The maximum atomic E-state index is 12.2. The molecule has 2 aromatic carbocycles. The number of urea groups is 1. The zero-order valence-electron chi connectivity index (χ0n) is 15.6. The number of thiazole rings is 1. The average Bonchev–Trinajstić information content (AvgIpc) is 3.13. The van der Waals surface area contributed by atoms with E-state index in [1.807, 2.05) is 35.9 Å². The second kappa shape index (κ2) is 10.3. The Hall–Kier alpha value is -2.55. The van der Waals surface area contributed by atoms with Gasteiger partial charge in [0, 0.05) is 33.1 Å². The van der Waals surface area contributed by atoms with Crippen LogP contribution in [0.2, 0.25) is 5.02 Å². The molecule has 3 aromatic rings. The molecule has 1 aromatic heterocycles. The maximum absolute atomic E-state index is 12.2. The third-order valence-electron chi connectivity index (χ3n) is 3.82. The lowest BCUT2D eigenvalue weighted by Crippen LogP contribution is -2.19. The topological polar surface area (TPSA) is 83.1 Å². The van der Waals surface area contributed by atoms with Crippen molar-refractivity contribution in [1.82, 2.24) is 4.98 Å². The predicted octanol–water partition coefficient (Wildman–Crippen LogP) is 5.73. The molecule has 3 N–H and O–H groups in total. The molecule has 6 nitrogen and oxygen atoms in total. The molecule has 0 aliphatic rings. The Bertz CT molecular complexity index is 1010. The SMILES string of the molecule is CSc1cccc(NC(=O)CCc2csc(NC(=O)Nc3cccc(Cl)c3)n2)c1. The Labute approximate surface area is 182 Å². The molecular formula is C20H19ClN4O2S2. The van der Waals surface area contributed by atoms with E-state index >= 15 is 0 Å². The van der Waals surface area contributed by atoms with E-state index in [1.54, 1.807) is 36.0 Å². The standard InChI is InChI=1S/C20H19ClN4O2S2/c1-28-17-7-3-6-15(11-17)22-18(26)9-8-16-12-29-20(24-16)25-19(27)23-14-5-2-4-13(21)10-14/h2-7,10-12H,8-9H2,1H3,(H,22,26)(H2,23,24,25,27). The summed E-state index contributed by atoms with van der Waals surface area (Å²) in [6.45, 7) is 0. The number of hydrogen-bond donors (Lipinski definition) is 3. The highest BCUT2D eigenvalue weighted by Crippen LogP contribution is 2.20. The van der Waals surface area contributed by atoms with Gasteiger partial charge in [-0.05, 0) is 49.1 Å². The number of thioether (sulfide) groups is 1. The van der Waals surface area contributed by atoms with Gasteiger partial charge in [0.2, 0.25) is 5.91 Å². The predicted molar refractivity (Wildman–Crippen MR) is 121 cm³/mol. The van der Waals surface area contributed by atoms with Gasteiger partial charge in [-0.15, -0.1) is 23.1 Å². The van der Waals surface area contributed by atoms with E-state index in [2.05, 4.69) is 20.9 Å². The third-order valence-corrected chi connectivity index (χ3v) is 5.58. The highest BCUT2D eigenvalue weighted by Gasteiger charge is 2.09. The number of nitrogens with one attached hydrogen (secondary N) is 3. The van der Waals surface area contributed by atoms with Gasteiger partial charge >= 0.3 is 6.03 Å². The second-order valence-electron chi connectivity index (χ2n) is 6.01. The van der Waals surface area contributed by atoms with E-state index in [0.717, 1.165) is 16.3 Å². The number of nitrogens with zero attached hydrogens (tertiary/aromatic N) is 1. The van der Waals surface area contributed by atoms with E-state index < -0.39 is 6.03 Å². The number of carbonyl (C=O) groups excluding carboxylic acids is 2. The number of carbonyl (C=O) groups is 2. The van der Waals surface area contributed by atoms with Gasteiger partial charge in [-0.3, -0.25) is 10.1 Å². The summed E-state index contributed by atoms with van der Waals surface area (Å²) in [7, 11) is 0. The smallest absolute Gasteiger partial charge is 0.325 e. The number of amides is 3. The van der Waals surface area contributed by atoms with E-state index in [4.69, 9.17) is 11.6 Å². The Morgan fingerprint density at radius 1 is 1.07 bits per heavy atom. The fourth-order valence-electron chi connectivity index (χ4n) is 2.47. The molecule has 29 heavy (non-hydrogen) atoms. The number of rotatable bonds is 7.